The molecule has 1 aliphatic rings. The van der Waals surface area contributed by atoms with Crippen molar-refractivity contribution < 1.29 is 0 Å². The Kier molecular flexibility index (Phi) is 3.52. The number of H-pyrrole nitrogens is 1. The fraction of sp³-hybridized carbons (Fsp3) is 0.500. The minimum Gasteiger partial charge on any atom is -0.369 e. The zero-order valence-corrected chi connectivity index (χ0v) is 11.6. The fourth-order valence-electron chi connectivity index (χ4n) is 2.69. The Balaban J connectivity index is 1.74. The van der Waals surface area contributed by atoms with Gasteiger partial charge < -0.3 is 15.2 Å². The molecule has 0 radical (unpaired) electrons. The maximum absolute atomic E-state index is 9.14. The second kappa shape index (κ2) is 5.47. The van der Waals surface area contributed by atoms with Crippen LogP contribution in [0.2, 0.25) is 0 Å². The minimum atomic E-state index is 0.589. The predicted octanol–water partition coefficient (Wildman–Crippen LogP) is 1.58. The second-order valence-electron chi connectivity index (χ2n) is 5.39. The Bertz CT molecular complexity index is 633. The molecule has 0 amide bonds. The van der Waals surface area contributed by atoms with Crippen LogP contribution in [0, 0.1) is 17.2 Å². The molecule has 0 aliphatic carbocycles. The van der Waals surface area contributed by atoms with Crippen molar-refractivity contribution in [1.82, 2.24) is 19.9 Å². The topological polar surface area (TPSA) is 80.6 Å². The number of piperidine rings is 1. The van der Waals surface area contributed by atoms with Crippen LogP contribution in [0.3, 0.4) is 0 Å². The van der Waals surface area contributed by atoms with Crippen LogP contribution < -0.4 is 5.32 Å². The second-order valence-corrected chi connectivity index (χ2v) is 5.39. The highest BCUT2D eigenvalue weighted by Crippen LogP contribution is 2.23. The van der Waals surface area contributed by atoms with Gasteiger partial charge in [0.05, 0.1) is 10.9 Å². The summed E-state index contributed by atoms with van der Waals surface area (Å²) >= 11 is 0. The smallest absolute Gasteiger partial charge is 0.144 e. The number of likely N-dealkylation sites (tertiary alicyclic amines) is 1. The average molecular weight is 270 g/mol. The van der Waals surface area contributed by atoms with Crippen molar-refractivity contribution in [3.8, 4) is 6.07 Å². The number of nitrogens with zero attached hydrogens (tertiary/aromatic N) is 4. The van der Waals surface area contributed by atoms with Crippen LogP contribution in [0.1, 0.15) is 18.4 Å². The molecule has 0 spiro atoms. The van der Waals surface area contributed by atoms with Crippen molar-refractivity contribution >= 4 is 16.9 Å². The fourth-order valence-corrected chi connectivity index (χ4v) is 2.69. The van der Waals surface area contributed by atoms with E-state index >= 15 is 0 Å². The highest BCUT2D eigenvalue weighted by molar-refractivity contribution is 5.92. The van der Waals surface area contributed by atoms with Gasteiger partial charge in [0.15, 0.2) is 0 Å². The van der Waals surface area contributed by atoms with E-state index < -0.39 is 0 Å². The van der Waals surface area contributed by atoms with E-state index in [0.717, 1.165) is 30.8 Å². The van der Waals surface area contributed by atoms with Gasteiger partial charge in [0.2, 0.25) is 0 Å². The summed E-state index contributed by atoms with van der Waals surface area (Å²) in [6.07, 6.45) is 5.61. The van der Waals surface area contributed by atoms with Crippen molar-refractivity contribution in [2.45, 2.75) is 12.8 Å². The Morgan fingerprint density at radius 2 is 2.25 bits per heavy atom. The summed E-state index contributed by atoms with van der Waals surface area (Å²) in [6, 6.07) is 2.18. The molecule has 3 rings (SSSR count). The molecule has 20 heavy (non-hydrogen) atoms. The maximum Gasteiger partial charge on any atom is 0.144 e. The van der Waals surface area contributed by atoms with Gasteiger partial charge in [-0.3, -0.25) is 0 Å². The lowest BCUT2D eigenvalue weighted by Crippen LogP contribution is -2.33. The van der Waals surface area contributed by atoms with Gasteiger partial charge in [0.1, 0.15) is 23.9 Å². The molecule has 1 fully saturated rings. The first-order chi connectivity index (χ1) is 9.78. The van der Waals surface area contributed by atoms with Gasteiger partial charge in [-0.1, -0.05) is 0 Å². The number of hydrogen-bond acceptors (Lipinski definition) is 5. The third-order valence-corrected chi connectivity index (χ3v) is 3.99. The SMILES string of the molecule is CN1CCC(CNc2ncnc3[nH]cc(C#N)c23)CC1. The first-order valence-corrected chi connectivity index (χ1v) is 6.92. The molecule has 0 bridgehead atoms. The molecule has 6 nitrogen and oxygen atoms in total. The Labute approximate surface area is 117 Å². The number of hydrogen-bond donors (Lipinski definition) is 2. The van der Waals surface area contributed by atoms with E-state index in [1.807, 2.05) is 0 Å². The van der Waals surface area contributed by atoms with Crippen LogP contribution >= 0.6 is 0 Å². The zero-order chi connectivity index (χ0) is 13.9. The molecule has 1 aliphatic heterocycles. The summed E-state index contributed by atoms with van der Waals surface area (Å²) in [4.78, 5) is 13.8. The van der Waals surface area contributed by atoms with Gasteiger partial charge in [-0.05, 0) is 38.9 Å². The average Bonchev–Trinajstić information content (AvgIpc) is 2.90. The van der Waals surface area contributed by atoms with Crippen molar-refractivity contribution in [2.75, 3.05) is 32.0 Å². The summed E-state index contributed by atoms with van der Waals surface area (Å²) in [5.74, 6) is 1.42. The molecule has 2 aromatic heterocycles. The van der Waals surface area contributed by atoms with Gasteiger partial charge >= 0.3 is 0 Å². The van der Waals surface area contributed by atoms with E-state index in [-0.39, 0.29) is 0 Å². The van der Waals surface area contributed by atoms with Gasteiger partial charge in [0, 0.05) is 12.7 Å². The molecule has 6 heteroatoms. The first kappa shape index (κ1) is 12.9. The number of aromatic nitrogens is 3. The van der Waals surface area contributed by atoms with E-state index in [1.165, 1.54) is 19.2 Å². The summed E-state index contributed by atoms with van der Waals surface area (Å²) in [5.41, 5.74) is 1.30. The maximum atomic E-state index is 9.14. The van der Waals surface area contributed by atoms with Gasteiger partial charge in [-0.15, -0.1) is 0 Å². The highest BCUT2D eigenvalue weighted by Gasteiger charge is 2.17. The lowest BCUT2D eigenvalue weighted by Gasteiger charge is -2.29. The van der Waals surface area contributed by atoms with Crippen LogP contribution in [-0.4, -0.2) is 46.5 Å². The van der Waals surface area contributed by atoms with Crippen LogP contribution in [-0.2, 0) is 0 Å². The summed E-state index contributed by atoms with van der Waals surface area (Å²) in [7, 11) is 2.16. The molecule has 0 saturated carbocycles. The van der Waals surface area contributed by atoms with Crippen molar-refractivity contribution in [1.29, 1.82) is 5.26 Å². The van der Waals surface area contributed by atoms with Gasteiger partial charge in [-0.2, -0.15) is 5.26 Å². The molecule has 3 heterocycles. The Morgan fingerprint density at radius 1 is 1.45 bits per heavy atom. The largest absolute Gasteiger partial charge is 0.369 e. The quantitative estimate of drug-likeness (QED) is 0.885. The van der Waals surface area contributed by atoms with Crippen LogP contribution in [0.5, 0.6) is 0 Å². The number of rotatable bonds is 3. The molecule has 2 N–H and O–H groups in total. The number of nitrogens with one attached hydrogen (secondary N) is 2. The van der Waals surface area contributed by atoms with Gasteiger partial charge in [-0.25, -0.2) is 9.97 Å². The van der Waals surface area contributed by atoms with Crippen LogP contribution in [0.4, 0.5) is 5.82 Å². The number of nitriles is 1. The summed E-state index contributed by atoms with van der Waals surface area (Å²) in [5, 5.41) is 13.3. The van der Waals surface area contributed by atoms with E-state index in [9.17, 15) is 0 Å². The molecule has 104 valence electrons. The molecular formula is C14H18N6. The normalized spacial score (nSPS) is 17.2. The third-order valence-electron chi connectivity index (χ3n) is 3.99. The zero-order valence-electron chi connectivity index (χ0n) is 11.6. The van der Waals surface area contributed by atoms with Crippen molar-refractivity contribution in [3.63, 3.8) is 0 Å². The predicted molar refractivity (Wildman–Crippen MR) is 77.3 cm³/mol. The van der Waals surface area contributed by atoms with Gasteiger partial charge in [0.25, 0.3) is 0 Å². The standard InChI is InChI=1S/C14H18N6/c1-20-4-2-10(3-5-20)7-16-13-12-11(6-15)8-17-14(12)19-9-18-13/h8-10H,2-5,7H2,1H3,(H2,16,17,18,19). The highest BCUT2D eigenvalue weighted by atomic mass is 15.1. The van der Waals surface area contributed by atoms with Crippen molar-refractivity contribution in [3.05, 3.63) is 18.1 Å². The van der Waals surface area contributed by atoms with E-state index in [1.54, 1.807) is 6.20 Å². The number of anilines is 1. The van der Waals surface area contributed by atoms with E-state index in [0.29, 0.717) is 17.1 Å². The van der Waals surface area contributed by atoms with Crippen LogP contribution in [0.15, 0.2) is 12.5 Å². The molecule has 0 atom stereocenters. The van der Waals surface area contributed by atoms with Crippen molar-refractivity contribution in [2.24, 2.45) is 5.92 Å². The number of aromatic amines is 1. The third kappa shape index (κ3) is 2.45. The lowest BCUT2D eigenvalue weighted by atomic mass is 9.97. The Morgan fingerprint density at radius 3 is 3.00 bits per heavy atom. The number of fused-ring (bicyclic) bond motifs is 1. The minimum absolute atomic E-state index is 0.589. The molecular weight excluding hydrogens is 252 g/mol. The lowest BCUT2D eigenvalue weighted by molar-refractivity contribution is 0.226. The molecule has 1 saturated heterocycles. The Hall–Kier alpha value is -2.13. The van der Waals surface area contributed by atoms with Crippen LogP contribution in [0.25, 0.3) is 11.0 Å². The summed E-state index contributed by atoms with van der Waals surface area (Å²) < 4.78 is 0. The molecule has 0 aromatic carbocycles. The van der Waals surface area contributed by atoms with E-state index in [4.69, 9.17) is 5.26 Å². The summed E-state index contributed by atoms with van der Waals surface area (Å²) in [6.45, 7) is 3.20. The molecule has 0 unspecified atom stereocenters. The first-order valence-electron chi connectivity index (χ1n) is 6.92. The van der Waals surface area contributed by atoms with E-state index in [2.05, 4.69) is 38.3 Å². The monoisotopic (exact) mass is 270 g/mol. The molecule has 2 aromatic rings.